The van der Waals surface area contributed by atoms with E-state index in [1.54, 1.807) is 0 Å². The third kappa shape index (κ3) is 1.85. The first-order valence-corrected chi connectivity index (χ1v) is 6.69. The zero-order valence-corrected chi connectivity index (χ0v) is 10.9. The van der Waals surface area contributed by atoms with Crippen LogP contribution < -0.4 is 0 Å². The van der Waals surface area contributed by atoms with E-state index in [0.29, 0.717) is 12.8 Å². The van der Waals surface area contributed by atoms with Gasteiger partial charge in [-0.3, -0.25) is 4.79 Å². The number of hydrogen-bond donors (Lipinski definition) is 0. The van der Waals surface area contributed by atoms with Crippen molar-refractivity contribution in [3.8, 4) is 0 Å². The summed E-state index contributed by atoms with van der Waals surface area (Å²) < 4.78 is 27.2. The van der Waals surface area contributed by atoms with Gasteiger partial charge in [-0.25, -0.2) is 8.78 Å². The molecule has 0 unspecified atom stereocenters. The van der Waals surface area contributed by atoms with E-state index in [4.69, 9.17) is 0 Å². The van der Waals surface area contributed by atoms with Gasteiger partial charge in [0.2, 0.25) is 0 Å². The van der Waals surface area contributed by atoms with Crippen molar-refractivity contribution in [1.82, 2.24) is 0 Å². The summed E-state index contributed by atoms with van der Waals surface area (Å²) >= 11 is 0. The number of halogens is 2. The molecule has 0 heterocycles. The average molecular weight is 272 g/mol. The number of benzene rings is 2. The molecule has 0 saturated heterocycles. The first-order valence-electron chi connectivity index (χ1n) is 6.69. The van der Waals surface area contributed by atoms with Crippen molar-refractivity contribution in [2.75, 3.05) is 0 Å². The van der Waals surface area contributed by atoms with Gasteiger partial charge >= 0.3 is 0 Å². The number of ketones is 1. The summed E-state index contributed by atoms with van der Waals surface area (Å²) in [5.41, 5.74) is 0.0593. The Bertz CT molecular complexity index is 645. The van der Waals surface area contributed by atoms with Gasteiger partial charge < -0.3 is 0 Å². The Morgan fingerprint density at radius 1 is 0.950 bits per heavy atom. The molecule has 0 radical (unpaired) electrons. The van der Waals surface area contributed by atoms with E-state index in [1.165, 1.54) is 12.1 Å². The fourth-order valence-electron chi connectivity index (χ4n) is 2.87. The predicted octanol–water partition coefficient (Wildman–Crippen LogP) is 4.27. The van der Waals surface area contributed by atoms with Crippen LogP contribution in [0.3, 0.4) is 0 Å². The predicted molar refractivity (Wildman–Crippen MR) is 72.7 cm³/mol. The average Bonchev–Trinajstić information content (AvgIpc) is 2.42. The molecular formula is C17H14F2O. The summed E-state index contributed by atoms with van der Waals surface area (Å²) in [5, 5.41) is 0. The van der Waals surface area contributed by atoms with E-state index in [-0.39, 0.29) is 11.3 Å². The highest BCUT2D eigenvalue weighted by molar-refractivity contribution is 6.05. The Kier molecular flexibility index (Phi) is 3.13. The molecule has 3 rings (SSSR count). The number of rotatable bonds is 3. The molecule has 1 aliphatic rings. The fourth-order valence-corrected chi connectivity index (χ4v) is 2.87. The third-order valence-electron chi connectivity index (χ3n) is 4.16. The second-order valence-corrected chi connectivity index (χ2v) is 5.23. The molecule has 1 aliphatic carbocycles. The van der Waals surface area contributed by atoms with Gasteiger partial charge in [0.25, 0.3) is 0 Å². The van der Waals surface area contributed by atoms with E-state index < -0.39 is 17.0 Å². The van der Waals surface area contributed by atoms with Gasteiger partial charge in [-0.1, -0.05) is 42.8 Å². The van der Waals surface area contributed by atoms with Crippen LogP contribution in [0.2, 0.25) is 0 Å². The first kappa shape index (κ1) is 13.0. The monoisotopic (exact) mass is 272 g/mol. The third-order valence-corrected chi connectivity index (χ3v) is 4.16. The van der Waals surface area contributed by atoms with Crippen molar-refractivity contribution in [3.63, 3.8) is 0 Å². The molecule has 20 heavy (non-hydrogen) atoms. The second-order valence-electron chi connectivity index (χ2n) is 5.23. The molecule has 3 heteroatoms. The maximum Gasteiger partial charge on any atom is 0.176 e. The molecule has 0 aromatic heterocycles. The Morgan fingerprint density at radius 3 is 2.25 bits per heavy atom. The highest BCUT2D eigenvalue weighted by Crippen LogP contribution is 2.46. The van der Waals surface area contributed by atoms with Gasteiger partial charge in [-0.2, -0.15) is 0 Å². The maximum absolute atomic E-state index is 13.9. The lowest BCUT2D eigenvalue weighted by molar-refractivity contribution is 0.0783. The van der Waals surface area contributed by atoms with Crippen LogP contribution >= 0.6 is 0 Å². The van der Waals surface area contributed by atoms with Crippen LogP contribution in [0.5, 0.6) is 0 Å². The highest BCUT2D eigenvalue weighted by atomic mass is 19.2. The van der Waals surface area contributed by atoms with Crippen LogP contribution in [0.4, 0.5) is 8.78 Å². The van der Waals surface area contributed by atoms with Crippen molar-refractivity contribution >= 4 is 5.78 Å². The van der Waals surface area contributed by atoms with E-state index in [0.717, 1.165) is 18.1 Å². The molecule has 0 N–H and O–H groups in total. The van der Waals surface area contributed by atoms with Gasteiger partial charge in [0, 0.05) is 0 Å². The van der Waals surface area contributed by atoms with Crippen LogP contribution in [0.15, 0.2) is 48.5 Å². The Morgan fingerprint density at radius 2 is 1.65 bits per heavy atom. The molecule has 1 saturated carbocycles. The van der Waals surface area contributed by atoms with Gasteiger partial charge in [0.05, 0.1) is 11.0 Å². The lowest BCUT2D eigenvalue weighted by Crippen LogP contribution is -2.42. The van der Waals surface area contributed by atoms with E-state index in [2.05, 4.69) is 0 Å². The van der Waals surface area contributed by atoms with Gasteiger partial charge in [0.15, 0.2) is 17.4 Å². The highest BCUT2D eigenvalue weighted by Gasteiger charge is 2.46. The van der Waals surface area contributed by atoms with Crippen molar-refractivity contribution in [2.24, 2.45) is 0 Å². The summed E-state index contributed by atoms with van der Waals surface area (Å²) in [4.78, 5) is 12.7. The summed E-state index contributed by atoms with van der Waals surface area (Å²) in [6.07, 6.45) is 2.30. The topological polar surface area (TPSA) is 17.1 Å². The standard InChI is InChI=1S/C17H14F2O/c18-14-9-4-8-13(15(14)19)16(20)17(10-5-11-17)12-6-2-1-3-7-12/h1-4,6-9H,5,10-11H2. The van der Waals surface area contributed by atoms with E-state index in [9.17, 15) is 13.6 Å². The lowest BCUT2D eigenvalue weighted by Gasteiger charge is -2.41. The van der Waals surface area contributed by atoms with Crippen molar-refractivity contribution in [2.45, 2.75) is 24.7 Å². The Labute approximate surface area is 116 Å². The molecular weight excluding hydrogens is 258 g/mol. The van der Waals surface area contributed by atoms with Crippen molar-refractivity contribution in [1.29, 1.82) is 0 Å². The molecule has 1 fully saturated rings. The van der Waals surface area contributed by atoms with Gasteiger partial charge in [-0.15, -0.1) is 0 Å². The molecule has 0 spiro atoms. The number of carbonyl (C=O) groups is 1. The normalized spacial score (nSPS) is 16.5. The van der Waals surface area contributed by atoms with Crippen LogP contribution in [0, 0.1) is 11.6 Å². The SMILES string of the molecule is O=C(c1cccc(F)c1F)C1(c2ccccc2)CCC1. The molecule has 2 aromatic carbocycles. The van der Waals surface area contributed by atoms with E-state index in [1.807, 2.05) is 30.3 Å². The Hall–Kier alpha value is -2.03. The molecule has 0 bridgehead atoms. The number of hydrogen-bond acceptors (Lipinski definition) is 1. The zero-order valence-electron chi connectivity index (χ0n) is 10.9. The smallest absolute Gasteiger partial charge is 0.176 e. The zero-order chi connectivity index (χ0) is 14.2. The van der Waals surface area contributed by atoms with Crippen LogP contribution in [0.25, 0.3) is 0 Å². The molecule has 102 valence electrons. The minimum absolute atomic E-state index is 0.145. The fraction of sp³-hybridized carbons (Fsp3) is 0.235. The summed E-state index contributed by atoms with van der Waals surface area (Å²) in [6.45, 7) is 0. The molecule has 2 aromatic rings. The minimum Gasteiger partial charge on any atom is -0.293 e. The van der Waals surface area contributed by atoms with Crippen LogP contribution in [0.1, 0.15) is 35.2 Å². The molecule has 0 amide bonds. The summed E-state index contributed by atoms with van der Waals surface area (Å²) in [7, 11) is 0. The molecule has 1 nitrogen and oxygen atoms in total. The molecule has 0 aliphatic heterocycles. The van der Waals surface area contributed by atoms with Gasteiger partial charge in [-0.05, 0) is 30.5 Å². The second kappa shape index (κ2) is 4.82. The quantitative estimate of drug-likeness (QED) is 0.763. The number of carbonyl (C=O) groups excluding carboxylic acids is 1. The largest absolute Gasteiger partial charge is 0.293 e. The van der Waals surface area contributed by atoms with Crippen LogP contribution in [-0.2, 0) is 5.41 Å². The minimum atomic E-state index is -1.04. The van der Waals surface area contributed by atoms with Crippen molar-refractivity contribution < 1.29 is 13.6 Å². The Balaban J connectivity index is 2.06. The van der Waals surface area contributed by atoms with Crippen LogP contribution in [-0.4, -0.2) is 5.78 Å². The van der Waals surface area contributed by atoms with Gasteiger partial charge in [0.1, 0.15) is 0 Å². The summed E-state index contributed by atoms with van der Waals surface area (Å²) in [5.74, 6) is -2.33. The maximum atomic E-state index is 13.9. The van der Waals surface area contributed by atoms with E-state index >= 15 is 0 Å². The lowest BCUT2D eigenvalue weighted by atomic mass is 9.60. The summed E-state index contributed by atoms with van der Waals surface area (Å²) in [6, 6.07) is 13.1. The van der Waals surface area contributed by atoms with Crippen molar-refractivity contribution in [3.05, 3.63) is 71.3 Å². The molecule has 0 atom stereocenters. The number of Topliss-reactive ketones (excluding diaryl/α,β-unsaturated/α-hetero) is 1. The first-order chi connectivity index (χ1) is 9.65.